The summed E-state index contributed by atoms with van der Waals surface area (Å²) in [6.07, 6.45) is 0. The van der Waals surface area contributed by atoms with Gasteiger partial charge in [-0.25, -0.2) is 0 Å². The summed E-state index contributed by atoms with van der Waals surface area (Å²) in [6.45, 7) is 1.72. The van der Waals surface area contributed by atoms with Crippen molar-refractivity contribution in [3.05, 3.63) is 35.4 Å². The first kappa shape index (κ1) is 19.2. The van der Waals surface area contributed by atoms with E-state index < -0.39 is 5.92 Å². The van der Waals surface area contributed by atoms with Gasteiger partial charge in [0, 0.05) is 11.5 Å². The summed E-state index contributed by atoms with van der Waals surface area (Å²) >= 11 is 0. The van der Waals surface area contributed by atoms with E-state index in [2.05, 4.69) is 0 Å². The molecule has 0 bridgehead atoms. The average molecular weight is 362 g/mol. The van der Waals surface area contributed by atoms with Crippen molar-refractivity contribution in [2.45, 2.75) is 12.8 Å². The number of rotatable bonds is 7. The largest absolute Gasteiger partial charge is 0.502 e. The molecule has 7 nitrogen and oxygen atoms in total. The predicted molar refractivity (Wildman–Crippen MR) is 95.2 cm³/mol. The number of benzene rings is 2. The van der Waals surface area contributed by atoms with Crippen molar-refractivity contribution in [2.75, 3.05) is 28.4 Å². The van der Waals surface area contributed by atoms with Crippen LogP contribution in [0.5, 0.6) is 34.5 Å². The van der Waals surface area contributed by atoms with Crippen LogP contribution in [-0.4, -0.2) is 44.4 Å². The standard InChI is InChI=1S/C19H22O7/c1-10(11-6-13(23-2)18(21)14(7-11)24-3)17(20)12-8-15(25-4)19(22)16(9-12)26-5/h6-10,21-22H,1-5H3/t10-/m1/s1. The zero-order chi connectivity index (χ0) is 19.4. The lowest BCUT2D eigenvalue weighted by Crippen LogP contribution is -2.11. The zero-order valence-electron chi connectivity index (χ0n) is 15.3. The van der Waals surface area contributed by atoms with E-state index in [1.54, 1.807) is 19.1 Å². The first-order valence-corrected chi connectivity index (χ1v) is 7.81. The first-order valence-electron chi connectivity index (χ1n) is 7.81. The number of hydrogen-bond acceptors (Lipinski definition) is 7. The van der Waals surface area contributed by atoms with Crippen molar-refractivity contribution in [2.24, 2.45) is 0 Å². The van der Waals surface area contributed by atoms with E-state index in [9.17, 15) is 15.0 Å². The molecule has 2 aromatic carbocycles. The average Bonchev–Trinajstić information content (AvgIpc) is 2.67. The number of ether oxygens (including phenoxy) is 4. The summed E-state index contributed by atoms with van der Waals surface area (Å²) in [5.74, 6) is -0.409. The Balaban J connectivity index is 2.48. The highest BCUT2D eigenvalue weighted by molar-refractivity contribution is 6.02. The van der Waals surface area contributed by atoms with Crippen molar-refractivity contribution in [3.8, 4) is 34.5 Å². The van der Waals surface area contributed by atoms with Crippen LogP contribution in [0.3, 0.4) is 0 Å². The molecule has 0 saturated heterocycles. The summed E-state index contributed by atoms with van der Waals surface area (Å²) in [4.78, 5) is 12.9. The van der Waals surface area contributed by atoms with Crippen LogP contribution in [-0.2, 0) is 0 Å². The summed E-state index contributed by atoms with van der Waals surface area (Å²) in [6, 6.07) is 6.06. The smallest absolute Gasteiger partial charge is 0.200 e. The molecule has 1 atom stereocenters. The van der Waals surface area contributed by atoms with Crippen LogP contribution in [0.15, 0.2) is 24.3 Å². The van der Waals surface area contributed by atoms with E-state index in [4.69, 9.17) is 18.9 Å². The molecule has 2 N–H and O–H groups in total. The van der Waals surface area contributed by atoms with Crippen LogP contribution in [0.1, 0.15) is 28.8 Å². The second-order valence-corrected chi connectivity index (χ2v) is 5.59. The van der Waals surface area contributed by atoms with Gasteiger partial charge in [-0.3, -0.25) is 4.79 Å². The minimum Gasteiger partial charge on any atom is -0.502 e. The third-order valence-electron chi connectivity index (χ3n) is 4.16. The van der Waals surface area contributed by atoms with Gasteiger partial charge in [0.25, 0.3) is 0 Å². The van der Waals surface area contributed by atoms with E-state index >= 15 is 0 Å². The van der Waals surface area contributed by atoms with Gasteiger partial charge >= 0.3 is 0 Å². The molecule has 7 heteroatoms. The second-order valence-electron chi connectivity index (χ2n) is 5.59. The molecule has 2 rings (SSSR count). The van der Waals surface area contributed by atoms with E-state index in [0.717, 1.165) is 0 Å². The van der Waals surface area contributed by atoms with Gasteiger partial charge in [0.05, 0.1) is 28.4 Å². The minimum absolute atomic E-state index is 0.133. The van der Waals surface area contributed by atoms with Gasteiger partial charge < -0.3 is 29.2 Å². The van der Waals surface area contributed by atoms with Crippen LogP contribution in [0.4, 0.5) is 0 Å². The Kier molecular flexibility index (Phi) is 5.82. The molecule has 26 heavy (non-hydrogen) atoms. The maximum atomic E-state index is 12.9. The molecule has 2 aromatic rings. The normalized spacial score (nSPS) is 11.6. The molecule has 0 aromatic heterocycles. The molecule has 0 radical (unpaired) electrons. The number of phenols is 2. The molecule has 0 aliphatic rings. The van der Waals surface area contributed by atoms with Gasteiger partial charge in [0.1, 0.15) is 0 Å². The number of ketones is 1. The summed E-state index contributed by atoms with van der Waals surface area (Å²) in [5, 5.41) is 20.0. The topological polar surface area (TPSA) is 94.5 Å². The van der Waals surface area contributed by atoms with E-state index in [-0.39, 0.29) is 40.3 Å². The first-order chi connectivity index (χ1) is 12.4. The predicted octanol–water partition coefficient (Wildman–Crippen LogP) is 3.12. The summed E-state index contributed by atoms with van der Waals surface area (Å²) in [7, 11) is 5.62. The Morgan fingerprint density at radius 3 is 1.46 bits per heavy atom. The SMILES string of the molecule is COc1cc(C(=O)[C@H](C)c2cc(OC)c(O)c(OC)c2)cc(OC)c1O. The lowest BCUT2D eigenvalue weighted by Gasteiger charge is -2.17. The fourth-order valence-corrected chi connectivity index (χ4v) is 2.60. The van der Waals surface area contributed by atoms with Gasteiger partial charge in [0.2, 0.25) is 11.5 Å². The van der Waals surface area contributed by atoms with Crippen LogP contribution in [0.2, 0.25) is 0 Å². The Morgan fingerprint density at radius 2 is 1.12 bits per heavy atom. The van der Waals surface area contributed by atoms with Gasteiger partial charge in [-0.2, -0.15) is 0 Å². The van der Waals surface area contributed by atoms with Gasteiger partial charge in [-0.1, -0.05) is 6.92 Å². The Labute approximate surface area is 151 Å². The molecule has 0 unspecified atom stereocenters. The van der Waals surface area contributed by atoms with Gasteiger partial charge in [-0.05, 0) is 29.8 Å². The molecule has 0 aliphatic carbocycles. The lowest BCUT2D eigenvalue weighted by atomic mass is 9.91. The van der Waals surface area contributed by atoms with E-state index in [0.29, 0.717) is 11.1 Å². The third-order valence-corrected chi connectivity index (χ3v) is 4.16. The molecule has 0 spiro atoms. The number of carbonyl (C=O) groups is 1. The number of hydrogen-bond donors (Lipinski definition) is 2. The molecule has 0 amide bonds. The third kappa shape index (κ3) is 3.46. The molecule has 0 fully saturated rings. The molecule has 0 heterocycles. The monoisotopic (exact) mass is 362 g/mol. The lowest BCUT2D eigenvalue weighted by molar-refractivity contribution is 0.0965. The van der Waals surface area contributed by atoms with Crippen molar-refractivity contribution in [3.63, 3.8) is 0 Å². The van der Waals surface area contributed by atoms with Crippen LogP contribution >= 0.6 is 0 Å². The zero-order valence-corrected chi connectivity index (χ0v) is 15.3. The molecular weight excluding hydrogens is 340 g/mol. The van der Waals surface area contributed by atoms with Crippen molar-refractivity contribution in [1.82, 2.24) is 0 Å². The summed E-state index contributed by atoms with van der Waals surface area (Å²) < 4.78 is 20.5. The van der Waals surface area contributed by atoms with Gasteiger partial charge in [-0.15, -0.1) is 0 Å². The Bertz CT molecular complexity index is 764. The molecule has 0 saturated carbocycles. The number of methoxy groups -OCH3 is 4. The highest BCUT2D eigenvalue weighted by Gasteiger charge is 2.23. The molecular formula is C19H22O7. The fraction of sp³-hybridized carbons (Fsp3) is 0.316. The second kappa shape index (κ2) is 7.86. The Morgan fingerprint density at radius 1 is 0.769 bits per heavy atom. The maximum Gasteiger partial charge on any atom is 0.200 e. The van der Waals surface area contributed by atoms with Crippen molar-refractivity contribution < 1.29 is 34.0 Å². The number of carbonyl (C=O) groups excluding carboxylic acids is 1. The molecule has 0 aliphatic heterocycles. The quantitative estimate of drug-likeness (QED) is 0.731. The minimum atomic E-state index is -0.572. The van der Waals surface area contributed by atoms with E-state index in [1.807, 2.05) is 0 Å². The van der Waals surface area contributed by atoms with E-state index in [1.165, 1.54) is 40.6 Å². The Hall–Kier alpha value is -3.09. The molecule has 140 valence electrons. The highest BCUT2D eigenvalue weighted by atomic mass is 16.5. The highest BCUT2D eigenvalue weighted by Crippen LogP contribution is 2.41. The van der Waals surface area contributed by atoms with Crippen LogP contribution < -0.4 is 18.9 Å². The maximum absolute atomic E-state index is 12.9. The van der Waals surface area contributed by atoms with Crippen LogP contribution in [0, 0.1) is 0 Å². The van der Waals surface area contributed by atoms with Crippen molar-refractivity contribution in [1.29, 1.82) is 0 Å². The number of phenolic OH excluding ortho intramolecular Hbond substituents is 2. The number of aromatic hydroxyl groups is 2. The fourth-order valence-electron chi connectivity index (χ4n) is 2.60. The van der Waals surface area contributed by atoms with Gasteiger partial charge in [0.15, 0.2) is 28.8 Å². The van der Waals surface area contributed by atoms with Crippen LogP contribution in [0.25, 0.3) is 0 Å². The number of Topliss-reactive ketones (excluding diaryl/α,β-unsaturated/α-hetero) is 1. The van der Waals surface area contributed by atoms with Crippen molar-refractivity contribution >= 4 is 5.78 Å². The summed E-state index contributed by atoms with van der Waals surface area (Å²) in [5.41, 5.74) is 0.919.